The third kappa shape index (κ3) is 4.04. The van der Waals surface area contributed by atoms with E-state index >= 15 is 0 Å². The molecule has 0 unspecified atom stereocenters. The highest BCUT2D eigenvalue weighted by molar-refractivity contribution is 9.10. The number of hydrogen-bond donors (Lipinski definition) is 1. The molecule has 1 amide bonds. The van der Waals surface area contributed by atoms with Crippen LogP contribution in [0, 0.1) is 0 Å². The summed E-state index contributed by atoms with van der Waals surface area (Å²) in [5, 5.41) is 2.68. The van der Waals surface area contributed by atoms with Crippen LogP contribution in [0.4, 0.5) is 11.5 Å². The number of nitrogens with zero attached hydrogens (tertiary/aromatic N) is 2. The number of aryl methyl sites for hydroxylation is 1. The number of benzene rings is 2. The van der Waals surface area contributed by atoms with Crippen molar-refractivity contribution in [2.24, 2.45) is 0 Å². The number of amides is 1. The number of aromatic nitrogens is 1. The molecule has 3 aromatic rings. The molecule has 0 radical (unpaired) electrons. The average molecular weight is 472 g/mol. The molecule has 2 aromatic carbocycles. The van der Waals surface area contributed by atoms with Crippen molar-refractivity contribution >= 4 is 43.4 Å². The SMILES string of the molecule is O=C(Nc1ccc(Br)cn1)c1cccc(S(=O)(=O)N2CCCc3ccccc32)c1. The minimum Gasteiger partial charge on any atom is -0.307 e. The summed E-state index contributed by atoms with van der Waals surface area (Å²) in [6.07, 6.45) is 3.18. The fourth-order valence-corrected chi connectivity index (χ4v) is 5.13. The van der Waals surface area contributed by atoms with Gasteiger partial charge in [-0.25, -0.2) is 13.4 Å². The van der Waals surface area contributed by atoms with E-state index in [0.29, 0.717) is 18.1 Å². The normalized spacial score (nSPS) is 13.6. The van der Waals surface area contributed by atoms with Crippen molar-refractivity contribution in [3.63, 3.8) is 0 Å². The summed E-state index contributed by atoms with van der Waals surface area (Å²) in [4.78, 5) is 16.8. The van der Waals surface area contributed by atoms with Gasteiger partial charge in [0.25, 0.3) is 15.9 Å². The zero-order valence-electron chi connectivity index (χ0n) is 15.4. The van der Waals surface area contributed by atoms with Crippen LogP contribution in [0.3, 0.4) is 0 Å². The number of nitrogens with one attached hydrogen (secondary N) is 1. The Morgan fingerprint density at radius 3 is 2.69 bits per heavy atom. The van der Waals surface area contributed by atoms with Crippen LogP contribution in [0.1, 0.15) is 22.3 Å². The number of sulfonamides is 1. The van der Waals surface area contributed by atoms with Gasteiger partial charge in [-0.2, -0.15) is 0 Å². The van der Waals surface area contributed by atoms with Crippen molar-refractivity contribution in [2.45, 2.75) is 17.7 Å². The summed E-state index contributed by atoms with van der Waals surface area (Å²) in [7, 11) is -3.78. The quantitative estimate of drug-likeness (QED) is 0.616. The first-order chi connectivity index (χ1) is 13.9. The zero-order chi connectivity index (χ0) is 20.4. The van der Waals surface area contributed by atoms with E-state index in [2.05, 4.69) is 26.2 Å². The molecule has 0 atom stereocenters. The van der Waals surface area contributed by atoms with E-state index < -0.39 is 15.9 Å². The number of halogens is 1. The molecule has 0 bridgehead atoms. The Kier molecular flexibility index (Phi) is 5.38. The van der Waals surface area contributed by atoms with E-state index in [0.717, 1.165) is 22.9 Å². The van der Waals surface area contributed by atoms with Gasteiger partial charge >= 0.3 is 0 Å². The predicted molar refractivity (Wildman–Crippen MR) is 116 cm³/mol. The second-order valence-electron chi connectivity index (χ2n) is 6.65. The Morgan fingerprint density at radius 1 is 1.07 bits per heavy atom. The molecule has 8 heteroatoms. The lowest BCUT2D eigenvalue weighted by Crippen LogP contribution is -2.35. The number of hydrogen-bond acceptors (Lipinski definition) is 4. The molecule has 0 spiro atoms. The van der Waals surface area contributed by atoms with Crippen molar-refractivity contribution in [1.29, 1.82) is 0 Å². The second kappa shape index (κ2) is 7.96. The molecule has 1 aliphatic heterocycles. The van der Waals surface area contributed by atoms with Gasteiger partial charge in [-0.1, -0.05) is 24.3 Å². The maximum absolute atomic E-state index is 13.3. The number of carbonyl (C=O) groups excluding carboxylic acids is 1. The lowest BCUT2D eigenvalue weighted by atomic mass is 10.0. The van der Waals surface area contributed by atoms with E-state index in [1.165, 1.54) is 16.4 Å². The fraction of sp³-hybridized carbons (Fsp3) is 0.143. The molecule has 6 nitrogen and oxygen atoms in total. The Hall–Kier alpha value is -2.71. The summed E-state index contributed by atoms with van der Waals surface area (Å²) in [6.45, 7) is 0.415. The highest BCUT2D eigenvalue weighted by Crippen LogP contribution is 2.32. The van der Waals surface area contributed by atoms with Gasteiger partial charge in [-0.3, -0.25) is 9.10 Å². The number of para-hydroxylation sites is 1. The fourth-order valence-electron chi connectivity index (χ4n) is 3.31. The third-order valence-corrected chi connectivity index (χ3v) is 7.00. The van der Waals surface area contributed by atoms with Gasteiger partial charge in [0.2, 0.25) is 0 Å². The summed E-state index contributed by atoms with van der Waals surface area (Å²) in [5.74, 6) is -0.0349. The van der Waals surface area contributed by atoms with E-state index in [4.69, 9.17) is 0 Å². The maximum Gasteiger partial charge on any atom is 0.264 e. The largest absolute Gasteiger partial charge is 0.307 e. The molecular weight excluding hydrogens is 454 g/mol. The van der Waals surface area contributed by atoms with E-state index in [1.54, 1.807) is 30.5 Å². The van der Waals surface area contributed by atoms with Crippen molar-refractivity contribution in [3.05, 3.63) is 82.5 Å². The van der Waals surface area contributed by atoms with Gasteiger partial charge in [0.1, 0.15) is 5.82 Å². The third-order valence-electron chi connectivity index (χ3n) is 4.72. The van der Waals surface area contributed by atoms with Gasteiger partial charge in [0, 0.05) is 22.8 Å². The molecule has 1 aromatic heterocycles. The summed E-state index contributed by atoms with van der Waals surface area (Å²) >= 11 is 3.29. The molecule has 1 aliphatic rings. The monoisotopic (exact) mass is 471 g/mol. The molecule has 0 fully saturated rings. The Labute approximate surface area is 177 Å². The molecule has 0 aliphatic carbocycles. The van der Waals surface area contributed by atoms with Crippen LogP contribution >= 0.6 is 15.9 Å². The molecule has 0 saturated heterocycles. The van der Waals surface area contributed by atoms with E-state index in [9.17, 15) is 13.2 Å². The molecule has 4 rings (SSSR count). The lowest BCUT2D eigenvalue weighted by Gasteiger charge is -2.30. The Bertz CT molecular complexity index is 1160. The molecule has 148 valence electrons. The number of rotatable bonds is 4. The minimum absolute atomic E-state index is 0.0885. The standard InChI is InChI=1S/C21H18BrN3O3S/c22-17-10-11-20(23-14-17)24-21(26)16-6-3-8-18(13-16)29(27,28)25-12-4-7-15-5-1-2-9-19(15)25/h1-3,5-6,8-11,13-14H,4,7,12H2,(H,23,24,26). The number of carbonyl (C=O) groups is 1. The predicted octanol–water partition coefficient (Wildman–Crippen LogP) is 4.24. The highest BCUT2D eigenvalue weighted by Gasteiger charge is 2.29. The second-order valence-corrected chi connectivity index (χ2v) is 9.43. The van der Waals surface area contributed by atoms with E-state index in [-0.39, 0.29) is 10.5 Å². The molecule has 2 heterocycles. The van der Waals surface area contributed by atoms with Crippen LogP contribution in [0.5, 0.6) is 0 Å². The highest BCUT2D eigenvalue weighted by atomic mass is 79.9. The van der Waals surface area contributed by atoms with Crippen molar-refractivity contribution < 1.29 is 13.2 Å². The molecule has 1 N–H and O–H groups in total. The number of pyridine rings is 1. The first-order valence-corrected chi connectivity index (χ1v) is 11.3. The maximum atomic E-state index is 13.3. The van der Waals surface area contributed by atoms with E-state index in [1.807, 2.05) is 24.3 Å². The minimum atomic E-state index is -3.78. The summed E-state index contributed by atoms with van der Waals surface area (Å²) in [6, 6.07) is 17.0. The number of anilines is 2. The molecular formula is C21H18BrN3O3S. The van der Waals surface area contributed by atoms with Crippen LogP contribution in [-0.2, 0) is 16.4 Å². The van der Waals surface area contributed by atoms with Crippen LogP contribution in [0.15, 0.2) is 76.2 Å². The average Bonchev–Trinajstić information content (AvgIpc) is 2.75. The first-order valence-electron chi connectivity index (χ1n) is 9.09. The molecule has 29 heavy (non-hydrogen) atoms. The van der Waals surface area contributed by atoms with Crippen molar-refractivity contribution in [3.8, 4) is 0 Å². The Morgan fingerprint density at radius 2 is 1.90 bits per heavy atom. The van der Waals surface area contributed by atoms with Crippen LogP contribution < -0.4 is 9.62 Å². The summed E-state index contributed by atoms with van der Waals surface area (Å²) < 4.78 is 28.8. The van der Waals surface area contributed by atoms with Crippen molar-refractivity contribution in [1.82, 2.24) is 4.98 Å². The topological polar surface area (TPSA) is 79.4 Å². The van der Waals surface area contributed by atoms with Gasteiger partial charge in [-0.05, 0) is 70.7 Å². The van der Waals surface area contributed by atoms with Crippen LogP contribution in [-0.4, -0.2) is 25.9 Å². The smallest absolute Gasteiger partial charge is 0.264 e. The van der Waals surface area contributed by atoms with Gasteiger partial charge in [-0.15, -0.1) is 0 Å². The first kappa shape index (κ1) is 19.6. The van der Waals surface area contributed by atoms with Crippen molar-refractivity contribution in [2.75, 3.05) is 16.2 Å². The molecule has 0 saturated carbocycles. The zero-order valence-corrected chi connectivity index (χ0v) is 17.8. The van der Waals surface area contributed by atoms with Gasteiger partial charge in [0.05, 0.1) is 10.6 Å². The van der Waals surface area contributed by atoms with Gasteiger partial charge < -0.3 is 5.32 Å². The van der Waals surface area contributed by atoms with Crippen LogP contribution in [0.2, 0.25) is 0 Å². The summed E-state index contributed by atoms with van der Waals surface area (Å²) in [5.41, 5.74) is 1.96. The number of fused-ring (bicyclic) bond motifs is 1. The van der Waals surface area contributed by atoms with Crippen LogP contribution in [0.25, 0.3) is 0 Å². The Balaban J connectivity index is 1.63. The van der Waals surface area contributed by atoms with Gasteiger partial charge in [0.15, 0.2) is 0 Å². The lowest BCUT2D eigenvalue weighted by molar-refractivity contribution is 0.102.